The zero-order chi connectivity index (χ0) is 35.7. The van der Waals surface area contributed by atoms with Crippen molar-refractivity contribution in [3.8, 4) is 0 Å². The molecule has 0 unspecified atom stereocenters. The van der Waals surface area contributed by atoms with Gasteiger partial charge in [0.05, 0.1) is 13.2 Å². The molecule has 10 N–H and O–H groups in total. The van der Waals surface area contributed by atoms with E-state index in [9.17, 15) is 38.4 Å². The largest absolute Gasteiger partial charge is 0.478 e. The number of ether oxygens (including phenoxy) is 2. The van der Waals surface area contributed by atoms with Gasteiger partial charge in [-0.15, -0.1) is 0 Å². The average molecular weight is 611 g/mol. The first-order valence-electron chi connectivity index (χ1n) is 10.1. The summed E-state index contributed by atoms with van der Waals surface area (Å²) < 4.78 is 8.36. The molecule has 0 spiro atoms. The highest BCUT2D eigenvalue weighted by Crippen LogP contribution is 1.66. The fourth-order valence-electron chi connectivity index (χ4n) is 0.285. The number of hydrogen-bond donors (Lipinski definition) is 8. The van der Waals surface area contributed by atoms with Crippen LogP contribution in [0, 0.1) is 0 Å². The standard InChI is InChI=1S/2C3H7NO2.6C3H4O2/c2*1-2-6-3(4)5;6*1-2-3(4)5/h2*2H2,1H3,(H2,4,5);6*2H,1H2,(H,4,5). The number of primary amides is 2. The van der Waals surface area contributed by atoms with E-state index in [0.717, 1.165) is 36.5 Å². The van der Waals surface area contributed by atoms with Crippen LogP contribution in [0.2, 0.25) is 0 Å². The van der Waals surface area contributed by atoms with Crippen LogP contribution in [-0.2, 0) is 38.2 Å². The monoisotopic (exact) mass is 610 g/mol. The molecule has 0 aliphatic carbocycles. The Balaban J connectivity index is -0.0000000525. The van der Waals surface area contributed by atoms with Crippen molar-refractivity contribution in [2.24, 2.45) is 11.5 Å². The van der Waals surface area contributed by atoms with Crippen LogP contribution >= 0.6 is 0 Å². The summed E-state index contributed by atoms with van der Waals surface area (Å²) in [6, 6.07) is 0. The summed E-state index contributed by atoms with van der Waals surface area (Å²) in [5.74, 6) is -5.89. The molecular weight excluding hydrogens is 572 g/mol. The number of carbonyl (C=O) groups excluding carboxylic acids is 2. The zero-order valence-electron chi connectivity index (χ0n) is 23.0. The van der Waals surface area contributed by atoms with Gasteiger partial charge in [-0.25, -0.2) is 38.4 Å². The van der Waals surface area contributed by atoms with Crippen LogP contribution in [0.4, 0.5) is 9.59 Å². The van der Waals surface area contributed by atoms with E-state index in [1.165, 1.54) is 0 Å². The molecule has 0 aliphatic heterocycles. The Labute approximate surface area is 241 Å². The topological polar surface area (TPSA) is 328 Å². The lowest BCUT2D eigenvalue weighted by atomic mass is 10.7. The number of carboxylic acids is 6. The molecule has 0 aromatic heterocycles. The summed E-state index contributed by atoms with van der Waals surface area (Å²) >= 11 is 0. The van der Waals surface area contributed by atoms with E-state index in [0.29, 0.717) is 13.2 Å². The van der Waals surface area contributed by atoms with Crippen LogP contribution in [0.5, 0.6) is 0 Å². The molecular formula is C24H38N2O16. The molecule has 0 aliphatic rings. The molecule has 42 heavy (non-hydrogen) atoms. The van der Waals surface area contributed by atoms with Crippen LogP contribution in [0.25, 0.3) is 0 Å². The van der Waals surface area contributed by atoms with E-state index in [2.05, 4.69) is 60.4 Å². The number of hydrogen-bond acceptors (Lipinski definition) is 10. The predicted molar refractivity (Wildman–Crippen MR) is 149 cm³/mol. The zero-order valence-corrected chi connectivity index (χ0v) is 23.0. The maximum Gasteiger partial charge on any atom is 0.404 e. The van der Waals surface area contributed by atoms with E-state index in [1.54, 1.807) is 13.8 Å². The quantitative estimate of drug-likeness (QED) is 0.181. The molecule has 18 heteroatoms. The lowest BCUT2D eigenvalue weighted by molar-refractivity contribution is -0.132. The van der Waals surface area contributed by atoms with Gasteiger partial charge >= 0.3 is 48.0 Å². The Kier molecular flexibility index (Phi) is 68.7. The maximum absolute atomic E-state index is 9.60. The fourth-order valence-corrected chi connectivity index (χ4v) is 0.285. The summed E-state index contributed by atoms with van der Waals surface area (Å²) in [5.41, 5.74) is 9.08. The number of aliphatic carboxylic acids is 6. The Morgan fingerprint density at radius 3 is 0.548 bits per heavy atom. The lowest BCUT2D eigenvalue weighted by Crippen LogP contribution is -2.11. The van der Waals surface area contributed by atoms with Gasteiger partial charge in [0.15, 0.2) is 0 Å². The second kappa shape index (κ2) is 51.4. The predicted octanol–water partition coefficient (Wildman–Crippen LogP) is 1.75. The second-order valence-corrected chi connectivity index (χ2v) is 4.76. The Morgan fingerprint density at radius 1 is 0.452 bits per heavy atom. The third-order valence-electron chi connectivity index (χ3n) is 1.62. The van der Waals surface area contributed by atoms with E-state index < -0.39 is 48.0 Å². The molecule has 0 fully saturated rings. The molecule has 0 aromatic carbocycles. The van der Waals surface area contributed by atoms with E-state index in [-0.39, 0.29) is 0 Å². The van der Waals surface area contributed by atoms with Crippen molar-refractivity contribution in [1.29, 1.82) is 0 Å². The van der Waals surface area contributed by atoms with Gasteiger partial charge in [-0.3, -0.25) is 0 Å². The van der Waals surface area contributed by atoms with Gasteiger partial charge in [-0.05, 0) is 13.8 Å². The maximum atomic E-state index is 9.60. The normalized spacial score (nSPS) is 6.71. The van der Waals surface area contributed by atoms with Gasteiger partial charge in [0, 0.05) is 36.5 Å². The minimum atomic E-state index is -0.981. The molecule has 240 valence electrons. The Morgan fingerprint density at radius 2 is 0.548 bits per heavy atom. The molecule has 0 aromatic rings. The summed E-state index contributed by atoms with van der Waals surface area (Å²) in [6.07, 6.45) is 3.58. The van der Waals surface area contributed by atoms with Crippen LogP contribution in [0.15, 0.2) is 75.9 Å². The van der Waals surface area contributed by atoms with Crippen molar-refractivity contribution in [1.82, 2.24) is 0 Å². The first-order chi connectivity index (χ1) is 19.2. The molecule has 0 heterocycles. The first-order valence-corrected chi connectivity index (χ1v) is 10.1. The SMILES string of the molecule is C=CC(=O)O.C=CC(=O)O.C=CC(=O)O.C=CC(=O)O.C=CC(=O)O.C=CC(=O)O.CCOC(N)=O.CCOC(N)=O. The number of carboxylic acid groups (broad SMARTS) is 6. The van der Waals surface area contributed by atoms with Gasteiger partial charge in [0.25, 0.3) is 0 Å². The second-order valence-electron chi connectivity index (χ2n) is 4.76. The molecule has 0 bridgehead atoms. The third-order valence-corrected chi connectivity index (χ3v) is 1.62. The first kappa shape index (κ1) is 56.1. The van der Waals surface area contributed by atoms with Crippen molar-refractivity contribution < 1.29 is 78.5 Å². The molecule has 18 nitrogen and oxygen atoms in total. The number of rotatable bonds is 8. The van der Waals surface area contributed by atoms with Gasteiger partial charge in [-0.1, -0.05) is 39.5 Å². The third kappa shape index (κ3) is 261. The van der Waals surface area contributed by atoms with Crippen LogP contribution in [0.3, 0.4) is 0 Å². The van der Waals surface area contributed by atoms with Crippen molar-refractivity contribution in [3.63, 3.8) is 0 Å². The van der Waals surface area contributed by atoms with Gasteiger partial charge in [0.2, 0.25) is 0 Å². The molecule has 0 radical (unpaired) electrons. The number of carbonyl (C=O) groups is 8. The summed E-state index contributed by atoms with van der Waals surface area (Å²) in [6.45, 7) is 21.9. The van der Waals surface area contributed by atoms with Crippen molar-refractivity contribution in [3.05, 3.63) is 75.9 Å². The molecule has 0 saturated heterocycles. The average Bonchev–Trinajstić information content (AvgIpc) is 2.90. The minimum absolute atomic E-state index is 0.356. The smallest absolute Gasteiger partial charge is 0.404 e. The number of nitrogens with two attached hydrogens (primary N) is 2. The molecule has 2 amide bonds. The highest BCUT2D eigenvalue weighted by Gasteiger charge is 1.83. The van der Waals surface area contributed by atoms with Crippen molar-refractivity contribution >= 4 is 48.0 Å². The molecule has 0 rings (SSSR count). The molecule has 0 atom stereocenters. The molecule has 0 saturated carbocycles. The number of amides is 2. The Hall–Kier alpha value is -6.20. The van der Waals surface area contributed by atoms with E-state index in [1.807, 2.05) is 0 Å². The summed E-state index contributed by atoms with van der Waals surface area (Å²) in [4.78, 5) is 74.7. The van der Waals surface area contributed by atoms with Crippen LogP contribution in [-0.4, -0.2) is 91.9 Å². The Bertz CT molecular complexity index is 709. The van der Waals surface area contributed by atoms with E-state index in [4.69, 9.17) is 30.6 Å². The summed E-state index contributed by atoms with van der Waals surface area (Å²) in [5, 5.41) is 45.6. The van der Waals surface area contributed by atoms with Gasteiger partial charge in [-0.2, -0.15) is 0 Å². The summed E-state index contributed by atoms with van der Waals surface area (Å²) in [7, 11) is 0. The van der Waals surface area contributed by atoms with Crippen LogP contribution < -0.4 is 11.5 Å². The van der Waals surface area contributed by atoms with Crippen LogP contribution in [0.1, 0.15) is 13.8 Å². The fraction of sp³-hybridized carbons (Fsp3) is 0.167. The van der Waals surface area contributed by atoms with Crippen molar-refractivity contribution in [2.75, 3.05) is 13.2 Å². The van der Waals surface area contributed by atoms with E-state index >= 15 is 0 Å². The highest BCUT2D eigenvalue weighted by molar-refractivity contribution is 5.80. The van der Waals surface area contributed by atoms with Crippen molar-refractivity contribution in [2.45, 2.75) is 13.8 Å². The highest BCUT2D eigenvalue weighted by atomic mass is 16.5. The minimum Gasteiger partial charge on any atom is -0.478 e. The van der Waals surface area contributed by atoms with Gasteiger partial charge in [0.1, 0.15) is 0 Å². The van der Waals surface area contributed by atoms with Gasteiger partial charge < -0.3 is 51.6 Å². The lowest BCUT2D eigenvalue weighted by Gasteiger charge is -1.89.